The third kappa shape index (κ3) is 4.26. The fourth-order valence-corrected chi connectivity index (χ4v) is 3.11. The maximum absolute atomic E-state index is 11.4. The zero-order valence-corrected chi connectivity index (χ0v) is 12.3. The van der Waals surface area contributed by atoms with Crippen molar-refractivity contribution in [3.8, 4) is 0 Å². The molecule has 3 nitrogen and oxygen atoms in total. The van der Waals surface area contributed by atoms with Gasteiger partial charge in [-0.3, -0.25) is 4.79 Å². The molecule has 3 heteroatoms. The zero-order valence-electron chi connectivity index (χ0n) is 12.3. The van der Waals surface area contributed by atoms with Crippen molar-refractivity contribution in [3.63, 3.8) is 0 Å². The third-order valence-electron chi connectivity index (χ3n) is 4.32. The van der Waals surface area contributed by atoms with E-state index in [4.69, 9.17) is 10.5 Å². The molecule has 0 saturated heterocycles. The normalized spacial score (nSPS) is 22.4. The van der Waals surface area contributed by atoms with Crippen LogP contribution in [0.2, 0.25) is 0 Å². The number of anilines is 1. The fourth-order valence-electron chi connectivity index (χ4n) is 3.11. The number of benzene rings is 1. The van der Waals surface area contributed by atoms with Crippen LogP contribution in [0.1, 0.15) is 56.9 Å². The largest absolute Gasteiger partial charge is 0.466 e. The quantitative estimate of drug-likeness (QED) is 0.655. The molecular weight excluding hydrogens is 250 g/mol. The van der Waals surface area contributed by atoms with Gasteiger partial charge >= 0.3 is 5.97 Å². The van der Waals surface area contributed by atoms with Gasteiger partial charge in [0.1, 0.15) is 0 Å². The van der Waals surface area contributed by atoms with Crippen LogP contribution in [-0.4, -0.2) is 12.6 Å². The van der Waals surface area contributed by atoms with Gasteiger partial charge in [0.2, 0.25) is 0 Å². The van der Waals surface area contributed by atoms with Gasteiger partial charge in [0.05, 0.1) is 6.61 Å². The molecule has 2 rings (SSSR count). The molecular formula is C17H25NO2. The van der Waals surface area contributed by atoms with E-state index in [1.54, 1.807) is 0 Å². The number of hydrogen-bond acceptors (Lipinski definition) is 3. The highest BCUT2D eigenvalue weighted by Gasteiger charge is 2.22. The molecule has 1 aliphatic rings. The molecule has 0 radical (unpaired) electrons. The number of rotatable bonds is 5. The first kappa shape index (κ1) is 14.9. The van der Waals surface area contributed by atoms with Crippen LogP contribution in [0.25, 0.3) is 0 Å². The number of nitrogens with two attached hydrogens (primary N) is 1. The SMILES string of the molecule is CCOC(=O)CCC1CCC(c2ccc(N)cc2)CC1. The van der Waals surface area contributed by atoms with Crippen LogP contribution >= 0.6 is 0 Å². The Hall–Kier alpha value is -1.51. The van der Waals surface area contributed by atoms with Gasteiger partial charge in [-0.15, -0.1) is 0 Å². The molecule has 0 amide bonds. The second kappa shape index (κ2) is 7.32. The Morgan fingerprint density at radius 2 is 1.85 bits per heavy atom. The van der Waals surface area contributed by atoms with Gasteiger partial charge in [0, 0.05) is 12.1 Å². The molecule has 1 aromatic carbocycles. The Bertz CT molecular complexity index is 419. The second-order valence-corrected chi connectivity index (χ2v) is 5.73. The molecule has 0 aliphatic heterocycles. The Morgan fingerprint density at radius 1 is 1.20 bits per heavy atom. The summed E-state index contributed by atoms with van der Waals surface area (Å²) in [5.41, 5.74) is 7.96. The van der Waals surface area contributed by atoms with E-state index < -0.39 is 0 Å². The molecule has 1 fully saturated rings. The Labute approximate surface area is 121 Å². The summed E-state index contributed by atoms with van der Waals surface area (Å²) in [6, 6.07) is 8.28. The predicted octanol–water partition coefficient (Wildman–Crippen LogP) is 3.89. The smallest absolute Gasteiger partial charge is 0.305 e. The summed E-state index contributed by atoms with van der Waals surface area (Å²) < 4.78 is 4.98. The summed E-state index contributed by atoms with van der Waals surface area (Å²) in [5, 5.41) is 0. The fraction of sp³-hybridized carbons (Fsp3) is 0.588. The van der Waals surface area contributed by atoms with Gasteiger partial charge in [-0.2, -0.15) is 0 Å². The summed E-state index contributed by atoms with van der Waals surface area (Å²) in [6.45, 7) is 2.35. The number of ether oxygens (including phenoxy) is 1. The molecule has 0 atom stereocenters. The van der Waals surface area contributed by atoms with Gasteiger partial charge in [0.25, 0.3) is 0 Å². The maximum atomic E-state index is 11.4. The minimum atomic E-state index is -0.0480. The topological polar surface area (TPSA) is 52.3 Å². The number of carbonyl (C=O) groups excluding carboxylic acids is 1. The number of hydrogen-bond donors (Lipinski definition) is 1. The second-order valence-electron chi connectivity index (χ2n) is 5.73. The van der Waals surface area contributed by atoms with Crippen LogP contribution in [-0.2, 0) is 9.53 Å². The first-order valence-corrected chi connectivity index (χ1v) is 7.70. The van der Waals surface area contributed by atoms with E-state index in [1.807, 2.05) is 19.1 Å². The zero-order chi connectivity index (χ0) is 14.4. The van der Waals surface area contributed by atoms with Gasteiger partial charge in [-0.1, -0.05) is 12.1 Å². The first-order valence-electron chi connectivity index (χ1n) is 7.70. The molecule has 0 bridgehead atoms. The summed E-state index contributed by atoms with van der Waals surface area (Å²) in [4.78, 5) is 11.4. The van der Waals surface area contributed by atoms with E-state index in [0.717, 1.165) is 12.1 Å². The van der Waals surface area contributed by atoms with E-state index in [0.29, 0.717) is 24.9 Å². The molecule has 1 aromatic rings. The molecule has 1 saturated carbocycles. The lowest BCUT2D eigenvalue weighted by Crippen LogP contribution is -2.15. The first-order chi connectivity index (χ1) is 9.69. The van der Waals surface area contributed by atoms with Crippen LogP contribution in [0, 0.1) is 5.92 Å². The molecule has 110 valence electrons. The summed E-state index contributed by atoms with van der Waals surface area (Å²) in [7, 11) is 0. The lowest BCUT2D eigenvalue weighted by molar-refractivity contribution is -0.143. The number of carbonyl (C=O) groups is 1. The van der Waals surface area contributed by atoms with Crippen molar-refractivity contribution in [2.24, 2.45) is 5.92 Å². The van der Waals surface area contributed by atoms with Crippen molar-refractivity contribution in [2.75, 3.05) is 12.3 Å². The standard InChI is InChI=1S/C17H25NO2/c1-2-20-17(19)12-5-13-3-6-14(7-4-13)15-8-10-16(18)11-9-15/h8-11,13-14H,2-7,12,18H2,1H3. The monoisotopic (exact) mass is 275 g/mol. The van der Waals surface area contributed by atoms with Crippen LogP contribution in [0.15, 0.2) is 24.3 Å². The van der Waals surface area contributed by atoms with E-state index in [1.165, 1.54) is 31.2 Å². The van der Waals surface area contributed by atoms with Crippen molar-refractivity contribution in [1.29, 1.82) is 0 Å². The van der Waals surface area contributed by atoms with Gasteiger partial charge in [-0.05, 0) is 68.6 Å². The van der Waals surface area contributed by atoms with Crippen molar-refractivity contribution in [3.05, 3.63) is 29.8 Å². The minimum absolute atomic E-state index is 0.0480. The van der Waals surface area contributed by atoms with Gasteiger partial charge < -0.3 is 10.5 Å². The van der Waals surface area contributed by atoms with Crippen molar-refractivity contribution in [1.82, 2.24) is 0 Å². The Morgan fingerprint density at radius 3 is 2.45 bits per heavy atom. The third-order valence-corrected chi connectivity index (χ3v) is 4.32. The molecule has 0 spiro atoms. The summed E-state index contributed by atoms with van der Waals surface area (Å²) >= 11 is 0. The molecule has 0 heterocycles. The molecule has 1 aliphatic carbocycles. The highest BCUT2D eigenvalue weighted by molar-refractivity contribution is 5.69. The minimum Gasteiger partial charge on any atom is -0.466 e. The average molecular weight is 275 g/mol. The van der Waals surface area contributed by atoms with E-state index in [2.05, 4.69) is 12.1 Å². The van der Waals surface area contributed by atoms with Gasteiger partial charge in [-0.25, -0.2) is 0 Å². The predicted molar refractivity (Wildman–Crippen MR) is 81.4 cm³/mol. The highest BCUT2D eigenvalue weighted by Crippen LogP contribution is 2.37. The Kier molecular flexibility index (Phi) is 5.45. The lowest BCUT2D eigenvalue weighted by atomic mass is 9.77. The molecule has 0 unspecified atom stereocenters. The van der Waals surface area contributed by atoms with Crippen molar-refractivity contribution in [2.45, 2.75) is 51.4 Å². The molecule has 0 aromatic heterocycles. The Balaban J connectivity index is 1.75. The average Bonchev–Trinajstić information content (AvgIpc) is 2.47. The van der Waals surface area contributed by atoms with Crippen LogP contribution in [0.5, 0.6) is 0 Å². The van der Waals surface area contributed by atoms with E-state index >= 15 is 0 Å². The lowest BCUT2D eigenvalue weighted by Gasteiger charge is -2.28. The van der Waals surface area contributed by atoms with E-state index in [9.17, 15) is 4.79 Å². The van der Waals surface area contributed by atoms with Crippen molar-refractivity contribution >= 4 is 11.7 Å². The number of esters is 1. The van der Waals surface area contributed by atoms with Crippen molar-refractivity contribution < 1.29 is 9.53 Å². The molecule has 20 heavy (non-hydrogen) atoms. The summed E-state index contributed by atoms with van der Waals surface area (Å²) in [6.07, 6.45) is 6.43. The summed E-state index contributed by atoms with van der Waals surface area (Å²) in [5.74, 6) is 1.30. The van der Waals surface area contributed by atoms with E-state index in [-0.39, 0.29) is 5.97 Å². The highest BCUT2D eigenvalue weighted by atomic mass is 16.5. The number of nitrogen functional groups attached to an aromatic ring is 1. The maximum Gasteiger partial charge on any atom is 0.305 e. The van der Waals surface area contributed by atoms with Crippen LogP contribution in [0.3, 0.4) is 0 Å². The molecule has 2 N–H and O–H groups in total. The van der Waals surface area contributed by atoms with Gasteiger partial charge in [0.15, 0.2) is 0 Å². The van der Waals surface area contributed by atoms with Crippen LogP contribution in [0.4, 0.5) is 5.69 Å². The van der Waals surface area contributed by atoms with Crippen LogP contribution < -0.4 is 5.73 Å².